The van der Waals surface area contributed by atoms with Crippen LogP contribution in [-0.4, -0.2) is 9.32 Å². The molecule has 2 aromatic carbocycles. The Hall–Kier alpha value is -1.45. The van der Waals surface area contributed by atoms with Gasteiger partial charge < -0.3 is 5.11 Å². The first kappa shape index (κ1) is 14.9. The van der Waals surface area contributed by atoms with Crippen molar-refractivity contribution in [2.75, 3.05) is 0 Å². The molecule has 106 valence electrons. The number of aryl methyl sites for hydroxylation is 3. The minimum absolute atomic E-state index is 0.624. The van der Waals surface area contributed by atoms with E-state index in [1.165, 1.54) is 5.56 Å². The Bertz CT molecular complexity index is 637. The van der Waals surface area contributed by atoms with Gasteiger partial charge in [-0.05, 0) is 50.5 Å². The first-order chi connectivity index (χ1) is 9.41. The molecule has 0 aliphatic heterocycles. The summed E-state index contributed by atoms with van der Waals surface area (Å²) in [6, 6.07) is 11.5. The van der Waals surface area contributed by atoms with E-state index in [9.17, 15) is 9.32 Å². The summed E-state index contributed by atoms with van der Waals surface area (Å²) in [6.45, 7) is 7.71. The van der Waals surface area contributed by atoms with Crippen LogP contribution in [0.4, 0.5) is 0 Å². The number of aliphatic hydroxyl groups excluding tert-OH is 1. The quantitative estimate of drug-likeness (QED) is 0.932. The number of rotatable bonds is 3. The Balaban J connectivity index is 2.58. The zero-order chi connectivity index (χ0) is 14.9. The third-order valence-corrected chi connectivity index (χ3v) is 5.14. The van der Waals surface area contributed by atoms with Gasteiger partial charge in [-0.15, -0.1) is 0 Å². The maximum absolute atomic E-state index is 12.9. The lowest BCUT2D eigenvalue weighted by Gasteiger charge is -2.15. The Morgan fingerprint density at radius 1 is 1.05 bits per heavy atom. The summed E-state index contributed by atoms with van der Waals surface area (Å²) in [7, 11) is -1.27. The normalized spacial score (nSPS) is 14.1. The van der Waals surface area contributed by atoms with Crippen molar-refractivity contribution in [3.63, 3.8) is 0 Å². The van der Waals surface area contributed by atoms with Crippen LogP contribution < -0.4 is 0 Å². The average molecular weight is 288 g/mol. The first-order valence-electron chi connectivity index (χ1n) is 6.68. The molecule has 20 heavy (non-hydrogen) atoms. The first-order valence-corrected chi connectivity index (χ1v) is 7.83. The van der Waals surface area contributed by atoms with Crippen molar-refractivity contribution >= 4 is 10.8 Å². The van der Waals surface area contributed by atoms with E-state index >= 15 is 0 Å². The number of hydrogen-bond donors (Lipinski definition) is 1. The van der Waals surface area contributed by atoms with Gasteiger partial charge in [0.15, 0.2) is 0 Å². The molecule has 3 heteroatoms. The molecule has 0 fully saturated rings. The van der Waals surface area contributed by atoms with Crippen LogP contribution in [-0.2, 0) is 10.8 Å². The van der Waals surface area contributed by atoms with Crippen LogP contribution in [0.25, 0.3) is 0 Å². The lowest BCUT2D eigenvalue weighted by atomic mass is 10.1. The summed E-state index contributed by atoms with van der Waals surface area (Å²) in [6.07, 6.45) is -0.624. The monoisotopic (exact) mass is 288 g/mol. The van der Waals surface area contributed by atoms with Gasteiger partial charge in [0.05, 0.1) is 16.9 Å². The van der Waals surface area contributed by atoms with Crippen molar-refractivity contribution in [2.45, 2.75) is 43.6 Å². The molecule has 1 N–H and O–H groups in total. The fraction of sp³-hybridized carbons (Fsp3) is 0.294. The lowest BCUT2D eigenvalue weighted by molar-refractivity contribution is 0.196. The molecule has 0 bridgehead atoms. The van der Waals surface area contributed by atoms with Crippen LogP contribution in [0.3, 0.4) is 0 Å². The summed E-state index contributed by atoms with van der Waals surface area (Å²) in [5, 5.41) is 9.85. The van der Waals surface area contributed by atoms with Crippen molar-refractivity contribution in [1.29, 1.82) is 0 Å². The molecular formula is C17H20O2S. The second-order valence-corrected chi connectivity index (χ2v) is 6.60. The zero-order valence-corrected chi connectivity index (χ0v) is 13.1. The zero-order valence-electron chi connectivity index (χ0n) is 12.3. The molecule has 0 aliphatic rings. The predicted octanol–water partition coefficient (Wildman–Crippen LogP) is 3.83. The van der Waals surface area contributed by atoms with Gasteiger partial charge in [0.2, 0.25) is 0 Å². The molecule has 2 rings (SSSR count). The Morgan fingerprint density at radius 3 is 2.15 bits per heavy atom. The van der Waals surface area contributed by atoms with E-state index in [1.807, 2.05) is 57.2 Å². The molecule has 0 amide bonds. The fourth-order valence-electron chi connectivity index (χ4n) is 2.56. The fourth-order valence-corrected chi connectivity index (χ4v) is 4.14. The third-order valence-electron chi connectivity index (χ3n) is 3.36. The van der Waals surface area contributed by atoms with Crippen molar-refractivity contribution in [3.8, 4) is 0 Å². The van der Waals surface area contributed by atoms with Crippen molar-refractivity contribution < 1.29 is 9.32 Å². The highest BCUT2D eigenvalue weighted by molar-refractivity contribution is 7.85. The molecule has 0 spiro atoms. The van der Waals surface area contributed by atoms with Crippen molar-refractivity contribution in [1.82, 2.24) is 0 Å². The standard InChI is InChI=1S/C17H20O2S/c1-11-9-12(2)17(13(3)10-11)20(19)16-8-6-5-7-15(16)14(4)18/h5-10,14,18H,1-4H3/t14?,20-/m0/s1. The van der Waals surface area contributed by atoms with Gasteiger partial charge in [-0.3, -0.25) is 0 Å². The van der Waals surface area contributed by atoms with Crippen LogP contribution in [0.2, 0.25) is 0 Å². The third kappa shape index (κ3) is 2.84. The van der Waals surface area contributed by atoms with Gasteiger partial charge in [0, 0.05) is 9.79 Å². The average Bonchev–Trinajstić information content (AvgIpc) is 2.37. The summed E-state index contributed by atoms with van der Waals surface area (Å²) >= 11 is 0. The Labute approximate surface area is 122 Å². The number of aliphatic hydroxyl groups is 1. The van der Waals surface area contributed by atoms with E-state index in [0.717, 1.165) is 21.6 Å². The van der Waals surface area contributed by atoms with E-state index < -0.39 is 16.9 Å². The lowest BCUT2D eigenvalue weighted by Crippen LogP contribution is -2.04. The van der Waals surface area contributed by atoms with Gasteiger partial charge in [-0.25, -0.2) is 4.21 Å². The van der Waals surface area contributed by atoms with E-state index in [0.29, 0.717) is 4.90 Å². The van der Waals surface area contributed by atoms with Crippen molar-refractivity contribution in [2.24, 2.45) is 0 Å². The Morgan fingerprint density at radius 2 is 1.60 bits per heavy atom. The summed E-state index contributed by atoms with van der Waals surface area (Å²) in [5.41, 5.74) is 3.96. The molecule has 1 unspecified atom stereocenters. The highest BCUT2D eigenvalue weighted by Crippen LogP contribution is 2.29. The van der Waals surface area contributed by atoms with Gasteiger partial charge in [0.25, 0.3) is 0 Å². The second kappa shape index (κ2) is 5.90. The van der Waals surface area contributed by atoms with E-state index in [2.05, 4.69) is 0 Å². The second-order valence-electron chi connectivity index (χ2n) is 5.21. The molecule has 0 heterocycles. The largest absolute Gasteiger partial charge is 0.389 e. The van der Waals surface area contributed by atoms with E-state index in [4.69, 9.17) is 0 Å². The summed E-state index contributed by atoms with van der Waals surface area (Å²) in [4.78, 5) is 1.54. The summed E-state index contributed by atoms with van der Waals surface area (Å²) in [5.74, 6) is 0. The highest BCUT2D eigenvalue weighted by atomic mass is 32.2. The van der Waals surface area contributed by atoms with E-state index in [1.54, 1.807) is 6.92 Å². The maximum atomic E-state index is 12.9. The van der Waals surface area contributed by atoms with Crippen LogP contribution in [0.1, 0.15) is 35.3 Å². The number of benzene rings is 2. The Kier molecular flexibility index (Phi) is 4.41. The molecule has 2 nitrogen and oxygen atoms in total. The predicted molar refractivity (Wildman–Crippen MR) is 82.4 cm³/mol. The van der Waals surface area contributed by atoms with Gasteiger partial charge >= 0.3 is 0 Å². The van der Waals surface area contributed by atoms with Crippen LogP contribution >= 0.6 is 0 Å². The molecule has 0 saturated carbocycles. The minimum Gasteiger partial charge on any atom is -0.389 e. The molecule has 0 saturated heterocycles. The highest BCUT2D eigenvalue weighted by Gasteiger charge is 2.18. The van der Waals surface area contributed by atoms with E-state index in [-0.39, 0.29) is 0 Å². The maximum Gasteiger partial charge on any atom is 0.0858 e. The van der Waals surface area contributed by atoms with Gasteiger partial charge in [-0.1, -0.05) is 35.9 Å². The molecule has 0 radical (unpaired) electrons. The van der Waals surface area contributed by atoms with Gasteiger partial charge in [0.1, 0.15) is 0 Å². The SMILES string of the molecule is Cc1cc(C)c([S@@](=O)c2ccccc2C(C)O)c(C)c1. The van der Waals surface area contributed by atoms with Crippen LogP contribution in [0, 0.1) is 20.8 Å². The summed E-state index contributed by atoms with van der Waals surface area (Å²) < 4.78 is 12.9. The minimum atomic E-state index is -1.27. The number of hydrogen-bond acceptors (Lipinski definition) is 2. The van der Waals surface area contributed by atoms with Crippen molar-refractivity contribution in [3.05, 3.63) is 58.7 Å². The molecule has 0 aromatic heterocycles. The molecule has 0 aliphatic carbocycles. The molecular weight excluding hydrogens is 268 g/mol. The topological polar surface area (TPSA) is 37.3 Å². The molecule has 2 aromatic rings. The van der Waals surface area contributed by atoms with Crippen LogP contribution in [0.5, 0.6) is 0 Å². The molecule has 2 atom stereocenters. The smallest absolute Gasteiger partial charge is 0.0858 e. The van der Waals surface area contributed by atoms with Gasteiger partial charge in [-0.2, -0.15) is 0 Å². The van der Waals surface area contributed by atoms with Crippen LogP contribution in [0.15, 0.2) is 46.2 Å².